The summed E-state index contributed by atoms with van der Waals surface area (Å²) in [4.78, 5) is 2.27. The molecule has 5 nitrogen and oxygen atoms in total. The van der Waals surface area contributed by atoms with Crippen molar-refractivity contribution in [2.24, 2.45) is 5.73 Å². The van der Waals surface area contributed by atoms with Gasteiger partial charge in [-0.15, -0.1) is 0 Å². The molecule has 3 rings (SSSR count). The van der Waals surface area contributed by atoms with Gasteiger partial charge in [0, 0.05) is 30.8 Å². The van der Waals surface area contributed by atoms with Gasteiger partial charge in [-0.1, -0.05) is 0 Å². The molecule has 2 aromatic rings. The highest BCUT2D eigenvalue weighted by molar-refractivity contribution is 5.61. The number of piperidine rings is 1. The van der Waals surface area contributed by atoms with Crippen LogP contribution in [0.15, 0.2) is 29.1 Å². The van der Waals surface area contributed by atoms with E-state index in [9.17, 15) is 0 Å². The van der Waals surface area contributed by atoms with E-state index in [2.05, 4.69) is 21.2 Å². The fraction of sp³-hybridized carbons (Fsp3) is 0.417. The first-order valence-electron chi connectivity index (χ1n) is 5.91. The van der Waals surface area contributed by atoms with Gasteiger partial charge in [-0.3, -0.25) is 5.10 Å². The molecule has 0 radical (unpaired) electrons. The highest BCUT2D eigenvalue weighted by Crippen LogP contribution is 2.23. The Morgan fingerprint density at radius 2 is 2.24 bits per heavy atom. The molecule has 90 valence electrons. The lowest BCUT2D eigenvalue weighted by molar-refractivity contribution is 0.498. The van der Waals surface area contributed by atoms with Crippen LogP contribution in [-0.2, 0) is 0 Å². The van der Waals surface area contributed by atoms with E-state index in [1.54, 1.807) is 12.5 Å². The number of H-pyrrole nitrogens is 1. The van der Waals surface area contributed by atoms with Gasteiger partial charge in [-0.05, 0) is 18.9 Å². The van der Waals surface area contributed by atoms with Crippen molar-refractivity contribution >= 4 is 5.82 Å². The molecule has 1 saturated heterocycles. The zero-order chi connectivity index (χ0) is 11.7. The van der Waals surface area contributed by atoms with Crippen molar-refractivity contribution < 1.29 is 4.42 Å². The number of nitrogens with zero attached hydrogens (tertiary/aromatic N) is 2. The van der Waals surface area contributed by atoms with Gasteiger partial charge >= 0.3 is 0 Å². The Kier molecular flexibility index (Phi) is 2.60. The summed E-state index contributed by atoms with van der Waals surface area (Å²) in [6, 6.07) is 4.32. The molecule has 1 aliphatic heterocycles. The van der Waals surface area contributed by atoms with Crippen molar-refractivity contribution in [3.05, 3.63) is 24.7 Å². The molecule has 0 unspecified atom stereocenters. The summed E-state index contributed by atoms with van der Waals surface area (Å²) < 4.78 is 5.06. The van der Waals surface area contributed by atoms with Crippen molar-refractivity contribution in [3.63, 3.8) is 0 Å². The average Bonchev–Trinajstić information content (AvgIpc) is 3.00. The van der Waals surface area contributed by atoms with Crippen molar-refractivity contribution in [2.45, 2.75) is 18.9 Å². The molecular weight excluding hydrogens is 216 g/mol. The monoisotopic (exact) mass is 232 g/mol. The largest absolute Gasteiger partial charge is 0.472 e. The van der Waals surface area contributed by atoms with Gasteiger partial charge in [0.1, 0.15) is 0 Å². The molecule has 0 bridgehead atoms. The van der Waals surface area contributed by atoms with E-state index < -0.39 is 0 Å². The summed E-state index contributed by atoms with van der Waals surface area (Å²) in [7, 11) is 0. The molecule has 2 aromatic heterocycles. The molecule has 0 spiro atoms. The number of hydrogen-bond donors (Lipinski definition) is 2. The SMILES string of the molecule is NC1CCN(c2cc(-c3ccoc3)[nH]n2)CC1. The maximum atomic E-state index is 5.89. The van der Waals surface area contributed by atoms with Crippen molar-refractivity contribution in [3.8, 4) is 11.3 Å². The van der Waals surface area contributed by atoms with Crippen LogP contribution in [0.5, 0.6) is 0 Å². The van der Waals surface area contributed by atoms with Crippen LogP contribution in [0.3, 0.4) is 0 Å². The highest BCUT2D eigenvalue weighted by atomic mass is 16.3. The molecule has 0 aliphatic carbocycles. The molecule has 17 heavy (non-hydrogen) atoms. The van der Waals surface area contributed by atoms with Gasteiger partial charge in [0.05, 0.1) is 18.2 Å². The number of aromatic nitrogens is 2. The molecule has 0 aromatic carbocycles. The van der Waals surface area contributed by atoms with E-state index in [1.807, 2.05) is 6.07 Å². The summed E-state index contributed by atoms with van der Waals surface area (Å²) in [5, 5.41) is 7.37. The minimum atomic E-state index is 0.346. The van der Waals surface area contributed by atoms with Gasteiger partial charge in [-0.25, -0.2) is 0 Å². The van der Waals surface area contributed by atoms with Crippen LogP contribution >= 0.6 is 0 Å². The Balaban J connectivity index is 1.76. The van der Waals surface area contributed by atoms with Crippen LogP contribution in [0, 0.1) is 0 Å². The Morgan fingerprint density at radius 1 is 1.41 bits per heavy atom. The van der Waals surface area contributed by atoms with E-state index in [-0.39, 0.29) is 0 Å². The quantitative estimate of drug-likeness (QED) is 0.825. The second kappa shape index (κ2) is 4.25. The maximum Gasteiger partial charge on any atom is 0.150 e. The third-order valence-electron chi connectivity index (χ3n) is 3.26. The number of hydrogen-bond acceptors (Lipinski definition) is 4. The lowest BCUT2D eigenvalue weighted by Crippen LogP contribution is -2.39. The van der Waals surface area contributed by atoms with E-state index in [0.717, 1.165) is 43.0 Å². The summed E-state index contributed by atoms with van der Waals surface area (Å²) >= 11 is 0. The summed E-state index contributed by atoms with van der Waals surface area (Å²) in [5.41, 5.74) is 7.91. The standard InChI is InChI=1S/C12H16N4O/c13-10-1-4-16(5-2-10)12-7-11(14-15-12)9-3-6-17-8-9/h3,6-8,10H,1-2,4-5,13H2,(H,14,15). The first kappa shape index (κ1) is 10.4. The van der Waals surface area contributed by atoms with Gasteiger partial charge in [0.2, 0.25) is 0 Å². The first-order chi connectivity index (χ1) is 8.33. The predicted octanol–water partition coefficient (Wildman–Crippen LogP) is 1.60. The predicted molar refractivity (Wildman–Crippen MR) is 65.7 cm³/mol. The summed E-state index contributed by atoms with van der Waals surface area (Å²) in [6.07, 6.45) is 5.45. The molecule has 3 N–H and O–H groups in total. The third-order valence-corrected chi connectivity index (χ3v) is 3.26. The third kappa shape index (κ3) is 2.06. The number of nitrogens with one attached hydrogen (secondary N) is 1. The number of rotatable bonds is 2. The normalized spacial score (nSPS) is 17.6. The van der Waals surface area contributed by atoms with E-state index >= 15 is 0 Å². The van der Waals surface area contributed by atoms with Crippen LogP contribution in [-0.4, -0.2) is 29.3 Å². The molecule has 1 aliphatic rings. The zero-order valence-corrected chi connectivity index (χ0v) is 9.60. The molecule has 0 amide bonds. The van der Waals surface area contributed by atoms with Crippen LogP contribution in [0.4, 0.5) is 5.82 Å². The number of anilines is 1. The molecule has 3 heterocycles. The molecule has 5 heteroatoms. The average molecular weight is 232 g/mol. The lowest BCUT2D eigenvalue weighted by Gasteiger charge is -2.29. The van der Waals surface area contributed by atoms with Crippen molar-refractivity contribution in [1.29, 1.82) is 0 Å². The second-order valence-electron chi connectivity index (χ2n) is 4.48. The minimum Gasteiger partial charge on any atom is -0.472 e. The molecule has 1 fully saturated rings. The molecule has 0 saturated carbocycles. The van der Waals surface area contributed by atoms with Crippen LogP contribution in [0.25, 0.3) is 11.3 Å². The van der Waals surface area contributed by atoms with Crippen molar-refractivity contribution in [1.82, 2.24) is 10.2 Å². The highest BCUT2D eigenvalue weighted by Gasteiger charge is 2.18. The lowest BCUT2D eigenvalue weighted by atomic mass is 10.1. The van der Waals surface area contributed by atoms with Gasteiger partial charge < -0.3 is 15.1 Å². The summed E-state index contributed by atoms with van der Waals surface area (Å²) in [6.45, 7) is 1.97. The van der Waals surface area contributed by atoms with E-state index in [0.29, 0.717) is 6.04 Å². The number of furan rings is 1. The van der Waals surface area contributed by atoms with Gasteiger partial charge in [-0.2, -0.15) is 5.10 Å². The van der Waals surface area contributed by atoms with Crippen molar-refractivity contribution in [2.75, 3.05) is 18.0 Å². The smallest absolute Gasteiger partial charge is 0.150 e. The second-order valence-corrected chi connectivity index (χ2v) is 4.48. The zero-order valence-electron chi connectivity index (χ0n) is 9.60. The first-order valence-corrected chi connectivity index (χ1v) is 5.91. The van der Waals surface area contributed by atoms with E-state index in [4.69, 9.17) is 10.2 Å². The topological polar surface area (TPSA) is 71.1 Å². The maximum absolute atomic E-state index is 5.89. The van der Waals surface area contributed by atoms with Gasteiger partial charge in [0.15, 0.2) is 5.82 Å². The van der Waals surface area contributed by atoms with Gasteiger partial charge in [0.25, 0.3) is 0 Å². The summed E-state index contributed by atoms with van der Waals surface area (Å²) in [5.74, 6) is 0.994. The van der Waals surface area contributed by atoms with Crippen LogP contribution in [0.2, 0.25) is 0 Å². The van der Waals surface area contributed by atoms with E-state index in [1.165, 1.54) is 0 Å². The Morgan fingerprint density at radius 3 is 2.94 bits per heavy atom. The Labute approximate surface area is 99.6 Å². The van der Waals surface area contributed by atoms with Crippen LogP contribution < -0.4 is 10.6 Å². The minimum absolute atomic E-state index is 0.346. The molecular formula is C12H16N4O. The number of aromatic amines is 1. The fourth-order valence-electron chi connectivity index (χ4n) is 2.17. The Hall–Kier alpha value is -1.75. The fourth-order valence-corrected chi connectivity index (χ4v) is 2.17. The number of nitrogens with two attached hydrogens (primary N) is 1. The Bertz CT molecular complexity index is 468. The molecule has 0 atom stereocenters. The van der Waals surface area contributed by atoms with Crippen LogP contribution in [0.1, 0.15) is 12.8 Å².